The molecular weight excluding hydrogens is 352 g/mol. The van der Waals surface area contributed by atoms with E-state index in [1.54, 1.807) is 36.9 Å². The van der Waals surface area contributed by atoms with E-state index < -0.39 is 12.1 Å². The Labute approximate surface area is 158 Å². The molecule has 0 radical (unpaired) electrons. The SMILES string of the molecule is Cc1nc2ccc(Cl)cc2cc1C(=O)OC(C)C(=O)N1CCCCCC1. The van der Waals surface area contributed by atoms with Crippen molar-refractivity contribution >= 4 is 34.4 Å². The van der Waals surface area contributed by atoms with Crippen LogP contribution >= 0.6 is 11.6 Å². The van der Waals surface area contributed by atoms with Gasteiger partial charge in [0.2, 0.25) is 0 Å². The van der Waals surface area contributed by atoms with Gasteiger partial charge in [-0.1, -0.05) is 24.4 Å². The number of aryl methyl sites for hydroxylation is 1. The second kappa shape index (κ2) is 8.04. The Hall–Kier alpha value is -2.14. The van der Waals surface area contributed by atoms with Gasteiger partial charge in [0.1, 0.15) is 0 Å². The minimum Gasteiger partial charge on any atom is -0.449 e. The zero-order chi connectivity index (χ0) is 18.7. The summed E-state index contributed by atoms with van der Waals surface area (Å²) < 4.78 is 5.45. The van der Waals surface area contributed by atoms with Gasteiger partial charge < -0.3 is 9.64 Å². The monoisotopic (exact) mass is 374 g/mol. The maximum Gasteiger partial charge on any atom is 0.340 e. The van der Waals surface area contributed by atoms with Gasteiger partial charge in [0.25, 0.3) is 5.91 Å². The van der Waals surface area contributed by atoms with Gasteiger partial charge in [0.15, 0.2) is 6.10 Å². The van der Waals surface area contributed by atoms with E-state index in [0.717, 1.165) is 49.7 Å². The van der Waals surface area contributed by atoms with Gasteiger partial charge in [-0.05, 0) is 51.0 Å². The molecule has 1 atom stereocenters. The molecule has 2 aromatic rings. The molecule has 1 unspecified atom stereocenters. The third-order valence-corrected chi connectivity index (χ3v) is 4.97. The third-order valence-electron chi connectivity index (χ3n) is 4.74. The van der Waals surface area contributed by atoms with Crippen molar-refractivity contribution in [3.63, 3.8) is 0 Å². The molecule has 1 aromatic heterocycles. The fraction of sp³-hybridized carbons (Fsp3) is 0.450. The van der Waals surface area contributed by atoms with Crippen molar-refractivity contribution in [3.05, 3.63) is 40.5 Å². The Bertz CT molecular complexity index is 829. The summed E-state index contributed by atoms with van der Waals surface area (Å²) in [6, 6.07) is 7.04. The first-order valence-electron chi connectivity index (χ1n) is 9.02. The van der Waals surface area contributed by atoms with Crippen molar-refractivity contribution in [1.82, 2.24) is 9.88 Å². The number of amides is 1. The van der Waals surface area contributed by atoms with Crippen LogP contribution in [0.2, 0.25) is 5.02 Å². The summed E-state index contributed by atoms with van der Waals surface area (Å²) in [4.78, 5) is 31.4. The molecule has 6 heteroatoms. The number of carbonyl (C=O) groups is 2. The number of fused-ring (bicyclic) bond motifs is 1. The van der Waals surface area contributed by atoms with Crippen molar-refractivity contribution in [1.29, 1.82) is 0 Å². The van der Waals surface area contributed by atoms with Gasteiger partial charge in [-0.2, -0.15) is 0 Å². The molecule has 0 N–H and O–H groups in total. The van der Waals surface area contributed by atoms with E-state index in [2.05, 4.69) is 4.98 Å². The Kier molecular flexibility index (Phi) is 5.77. The maximum atomic E-state index is 12.6. The normalized spacial score (nSPS) is 16.2. The van der Waals surface area contributed by atoms with Crippen LogP contribution in [0.25, 0.3) is 10.9 Å². The summed E-state index contributed by atoms with van der Waals surface area (Å²) in [6.45, 7) is 4.85. The first kappa shape index (κ1) is 18.6. The van der Waals surface area contributed by atoms with Crippen molar-refractivity contribution in [2.24, 2.45) is 0 Å². The zero-order valence-electron chi connectivity index (χ0n) is 15.1. The molecule has 1 fully saturated rings. The standard InChI is InChI=1S/C20H23ClN2O3/c1-13-17(12-15-11-16(21)7-8-18(15)22-13)20(25)26-14(2)19(24)23-9-5-3-4-6-10-23/h7-8,11-12,14H,3-6,9-10H2,1-2H3. The number of ether oxygens (including phenoxy) is 1. The molecular formula is C20H23ClN2O3. The Morgan fingerprint density at radius 2 is 1.85 bits per heavy atom. The molecule has 1 saturated heterocycles. The number of benzene rings is 1. The number of nitrogens with zero attached hydrogens (tertiary/aromatic N) is 2. The molecule has 0 aliphatic carbocycles. The second-order valence-corrected chi connectivity index (χ2v) is 7.18. The first-order chi connectivity index (χ1) is 12.5. The molecule has 0 spiro atoms. The van der Waals surface area contributed by atoms with Gasteiger partial charge in [-0.3, -0.25) is 9.78 Å². The summed E-state index contributed by atoms with van der Waals surface area (Å²) in [7, 11) is 0. The lowest BCUT2D eigenvalue weighted by atomic mass is 10.1. The molecule has 2 heterocycles. The Balaban J connectivity index is 1.75. The predicted molar refractivity (Wildman–Crippen MR) is 101 cm³/mol. The lowest BCUT2D eigenvalue weighted by Crippen LogP contribution is -2.40. The molecule has 1 amide bonds. The average molecular weight is 375 g/mol. The van der Waals surface area contributed by atoms with Crippen LogP contribution < -0.4 is 0 Å². The molecule has 1 aromatic carbocycles. The predicted octanol–water partition coefficient (Wildman–Crippen LogP) is 4.14. The molecule has 138 valence electrons. The number of aromatic nitrogens is 1. The fourth-order valence-electron chi connectivity index (χ4n) is 3.27. The average Bonchev–Trinajstić information content (AvgIpc) is 2.90. The zero-order valence-corrected chi connectivity index (χ0v) is 15.9. The highest BCUT2D eigenvalue weighted by atomic mass is 35.5. The van der Waals surface area contributed by atoms with E-state index in [0.29, 0.717) is 16.3 Å². The number of hydrogen-bond acceptors (Lipinski definition) is 4. The number of hydrogen-bond donors (Lipinski definition) is 0. The van der Waals surface area contributed by atoms with Crippen LogP contribution in [-0.4, -0.2) is 41.0 Å². The van der Waals surface area contributed by atoms with Crippen LogP contribution in [0.4, 0.5) is 0 Å². The number of pyridine rings is 1. The lowest BCUT2D eigenvalue weighted by Gasteiger charge is -2.24. The molecule has 26 heavy (non-hydrogen) atoms. The second-order valence-electron chi connectivity index (χ2n) is 6.75. The number of likely N-dealkylation sites (tertiary alicyclic amines) is 1. The summed E-state index contributed by atoms with van der Waals surface area (Å²) in [5.41, 5.74) is 1.69. The van der Waals surface area contributed by atoms with E-state index in [9.17, 15) is 9.59 Å². The van der Waals surface area contributed by atoms with Crippen molar-refractivity contribution in [2.45, 2.75) is 45.6 Å². The quantitative estimate of drug-likeness (QED) is 0.757. The molecule has 1 aliphatic rings. The fourth-order valence-corrected chi connectivity index (χ4v) is 3.45. The summed E-state index contributed by atoms with van der Waals surface area (Å²) in [5, 5.41) is 1.34. The maximum absolute atomic E-state index is 12.6. The lowest BCUT2D eigenvalue weighted by molar-refractivity contribution is -0.139. The topological polar surface area (TPSA) is 59.5 Å². The van der Waals surface area contributed by atoms with Crippen LogP contribution in [0.1, 0.15) is 48.7 Å². The van der Waals surface area contributed by atoms with Crippen LogP contribution in [0.5, 0.6) is 0 Å². The van der Waals surface area contributed by atoms with Gasteiger partial charge in [-0.25, -0.2) is 4.79 Å². The molecule has 3 rings (SSSR count). The minimum absolute atomic E-state index is 0.130. The van der Waals surface area contributed by atoms with Gasteiger partial charge >= 0.3 is 5.97 Å². The van der Waals surface area contributed by atoms with E-state index in [1.807, 2.05) is 6.07 Å². The summed E-state index contributed by atoms with van der Waals surface area (Å²) in [5.74, 6) is -0.665. The van der Waals surface area contributed by atoms with Crippen LogP contribution in [0, 0.1) is 6.92 Å². The molecule has 5 nitrogen and oxygen atoms in total. The van der Waals surface area contributed by atoms with E-state index in [-0.39, 0.29) is 5.91 Å². The van der Waals surface area contributed by atoms with Crippen molar-refractivity contribution in [2.75, 3.05) is 13.1 Å². The van der Waals surface area contributed by atoms with Crippen molar-refractivity contribution < 1.29 is 14.3 Å². The van der Waals surface area contributed by atoms with E-state index >= 15 is 0 Å². The highest BCUT2D eigenvalue weighted by Crippen LogP contribution is 2.22. The highest BCUT2D eigenvalue weighted by Gasteiger charge is 2.25. The summed E-state index contributed by atoms with van der Waals surface area (Å²) >= 11 is 6.02. The number of rotatable bonds is 3. The number of carbonyl (C=O) groups excluding carboxylic acids is 2. The van der Waals surface area contributed by atoms with Gasteiger partial charge in [0, 0.05) is 23.5 Å². The van der Waals surface area contributed by atoms with Crippen molar-refractivity contribution in [3.8, 4) is 0 Å². The highest BCUT2D eigenvalue weighted by molar-refractivity contribution is 6.31. The third kappa shape index (κ3) is 4.15. The van der Waals surface area contributed by atoms with Crippen LogP contribution in [0.3, 0.4) is 0 Å². The number of halogens is 1. The van der Waals surface area contributed by atoms with Gasteiger partial charge in [-0.15, -0.1) is 0 Å². The van der Waals surface area contributed by atoms with Crippen LogP contribution in [0.15, 0.2) is 24.3 Å². The molecule has 0 bridgehead atoms. The number of esters is 1. The molecule has 0 saturated carbocycles. The van der Waals surface area contributed by atoms with E-state index in [1.165, 1.54) is 0 Å². The Morgan fingerprint density at radius 1 is 1.15 bits per heavy atom. The molecule has 1 aliphatic heterocycles. The summed E-state index contributed by atoms with van der Waals surface area (Å²) in [6.07, 6.45) is 3.47. The first-order valence-corrected chi connectivity index (χ1v) is 9.40. The van der Waals surface area contributed by atoms with Crippen LogP contribution in [-0.2, 0) is 9.53 Å². The Morgan fingerprint density at radius 3 is 2.54 bits per heavy atom. The largest absolute Gasteiger partial charge is 0.449 e. The smallest absolute Gasteiger partial charge is 0.340 e. The van der Waals surface area contributed by atoms with Gasteiger partial charge in [0.05, 0.1) is 16.8 Å². The minimum atomic E-state index is -0.810. The van der Waals surface area contributed by atoms with E-state index in [4.69, 9.17) is 16.3 Å².